The SMILES string of the molecule is CCCCCCCC/C=C\CCCCCCCC(=O)N[C@@H](COP(=O)(O)O)Cc1ccc(OCC2CCCCC2)cc1. The first-order chi connectivity index (χ1) is 20.4. The van der Waals surface area contributed by atoms with Crippen molar-refractivity contribution in [2.75, 3.05) is 13.2 Å². The van der Waals surface area contributed by atoms with Crippen LogP contribution in [-0.2, 0) is 20.3 Å². The first kappa shape index (κ1) is 36.5. The van der Waals surface area contributed by atoms with Crippen molar-refractivity contribution in [2.24, 2.45) is 5.92 Å². The van der Waals surface area contributed by atoms with Gasteiger partial charge in [0.25, 0.3) is 0 Å². The van der Waals surface area contributed by atoms with Crippen LogP contribution < -0.4 is 10.1 Å². The third kappa shape index (κ3) is 19.5. The summed E-state index contributed by atoms with van der Waals surface area (Å²) in [6.45, 7) is 2.75. The predicted octanol–water partition coefficient (Wildman–Crippen LogP) is 8.82. The van der Waals surface area contributed by atoms with Gasteiger partial charge < -0.3 is 19.8 Å². The van der Waals surface area contributed by atoms with Crippen LogP contribution >= 0.6 is 7.82 Å². The van der Waals surface area contributed by atoms with E-state index in [0.29, 0.717) is 18.8 Å². The number of rotatable bonds is 24. The van der Waals surface area contributed by atoms with Gasteiger partial charge in [-0.3, -0.25) is 9.32 Å². The number of phosphoric ester groups is 1. The number of carbonyl (C=O) groups excluding carboxylic acids is 1. The molecule has 1 aromatic carbocycles. The van der Waals surface area contributed by atoms with Crippen molar-refractivity contribution in [1.82, 2.24) is 5.32 Å². The molecule has 1 saturated carbocycles. The van der Waals surface area contributed by atoms with E-state index in [1.807, 2.05) is 24.3 Å². The number of phosphoric acid groups is 1. The Morgan fingerprint density at radius 1 is 0.905 bits per heavy atom. The molecule has 0 spiro atoms. The summed E-state index contributed by atoms with van der Waals surface area (Å²) in [6, 6.07) is 7.20. The van der Waals surface area contributed by atoms with Gasteiger partial charge in [0.05, 0.1) is 19.3 Å². The fourth-order valence-corrected chi connectivity index (χ4v) is 5.94. The minimum atomic E-state index is -4.63. The molecule has 0 radical (unpaired) electrons. The highest BCUT2D eigenvalue weighted by atomic mass is 31.2. The van der Waals surface area contributed by atoms with Gasteiger partial charge in [-0.15, -0.1) is 0 Å². The number of carbonyl (C=O) groups is 1. The van der Waals surface area contributed by atoms with E-state index >= 15 is 0 Å². The van der Waals surface area contributed by atoms with Gasteiger partial charge in [-0.1, -0.05) is 102 Å². The van der Waals surface area contributed by atoms with Crippen LogP contribution in [0.4, 0.5) is 0 Å². The average Bonchev–Trinajstić information content (AvgIpc) is 2.97. The Kier molecular flexibility index (Phi) is 19.8. The molecule has 0 aliphatic heterocycles. The maximum atomic E-state index is 12.6. The largest absolute Gasteiger partial charge is 0.493 e. The summed E-state index contributed by atoms with van der Waals surface area (Å²) in [4.78, 5) is 31.0. The van der Waals surface area contributed by atoms with E-state index in [2.05, 4.69) is 24.4 Å². The first-order valence-electron chi connectivity index (χ1n) is 16.7. The number of unbranched alkanes of at least 4 members (excludes halogenated alkanes) is 11. The zero-order valence-electron chi connectivity index (χ0n) is 26.1. The highest BCUT2D eigenvalue weighted by molar-refractivity contribution is 7.46. The molecule has 2 rings (SSSR count). The topological polar surface area (TPSA) is 105 Å². The lowest BCUT2D eigenvalue weighted by atomic mass is 9.90. The average molecular weight is 608 g/mol. The lowest BCUT2D eigenvalue weighted by molar-refractivity contribution is -0.122. The Morgan fingerprint density at radius 2 is 1.50 bits per heavy atom. The molecule has 0 bridgehead atoms. The lowest BCUT2D eigenvalue weighted by Crippen LogP contribution is -2.39. The fraction of sp³-hybridized carbons (Fsp3) is 0.735. The van der Waals surface area contributed by atoms with Crippen molar-refractivity contribution >= 4 is 13.7 Å². The molecule has 0 unspecified atom stereocenters. The molecular formula is C34H58NO6P. The molecule has 3 N–H and O–H groups in total. The summed E-state index contributed by atoms with van der Waals surface area (Å²) in [5.41, 5.74) is 0.945. The Balaban J connectivity index is 1.61. The standard InChI is InChI=1S/C34H58NO6P/c1-2-3-4-5-6-7-8-9-10-11-12-13-14-15-19-22-34(36)35-32(29-41-42(37,38)39)27-30-23-25-33(26-24-30)40-28-31-20-17-16-18-21-31/h9-10,23-26,31-32H,2-8,11-22,27-29H2,1H3,(H,35,36)(H2,37,38,39)/b10-9-/t32-/m1/s1. The van der Waals surface area contributed by atoms with Crippen LogP contribution in [0.15, 0.2) is 36.4 Å². The smallest absolute Gasteiger partial charge is 0.469 e. The van der Waals surface area contributed by atoms with Crippen LogP contribution in [0, 0.1) is 5.92 Å². The Hall–Kier alpha value is -1.66. The molecule has 1 aliphatic carbocycles. The van der Waals surface area contributed by atoms with E-state index in [9.17, 15) is 19.1 Å². The van der Waals surface area contributed by atoms with E-state index < -0.39 is 13.9 Å². The van der Waals surface area contributed by atoms with E-state index in [1.54, 1.807) is 0 Å². The van der Waals surface area contributed by atoms with E-state index in [0.717, 1.165) is 43.6 Å². The summed E-state index contributed by atoms with van der Waals surface area (Å²) in [6.07, 6.45) is 27.5. The van der Waals surface area contributed by atoms with Crippen LogP contribution in [0.1, 0.15) is 134 Å². The zero-order chi connectivity index (χ0) is 30.3. The van der Waals surface area contributed by atoms with Crippen LogP contribution in [0.3, 0.4) is 0 Å². The predicted molar refractivity (Wildman–Crippen MR) is 172 cm³/mol. The van der Waals surface area contributed by atoms with Gasteiger partial charge in [-0.25, -0.2) is 4.57 Å². The third-order valence-corrected chi connectivity index (χ3v) is 8.58. The number of hydrogen-bond donors (Lipinski definition) is 3. The molecule has 7 nitrogen and oxygen atoms in total. The Bertz CT molecular complexity index is 894. The van der Waals surface area contributed by atoms with Crippen molar-refractivity contribution in [3.8, 4) is 5.75 Å². The Morgan fingerprint density at radius 3 is 2.12 bits per heavy atom. The third-order valence-electron chi connectivity index (χ3n) is 8.09. The van der Waals surface area contributed by atoms with Gasteiger partial charge in [-0.05, 0) is 75.0 Å². The normalized spacial score (nSPS) is 15.2. The number of nitrogens with one attached hydrogen (secondary N) is 1. The van der Waals surface area contributed by atoms with Crippen LogP contribution in [0.25, 0.3) is 0 Å². The number of ether oxygens (including phenoxy) is 1. The van der Waals surface area contributed by atoms with Crippen molar-refractivity contribution in [2.45, 2.75) is 141 Å². The summed E-state index contributed by atoms with van der Waals surface area (Å²) in [7, 11) is -4.63. The van der Waals surface area contributed by atoms with Crippen LogP contribution in [0.2, 0.25) is 0 Å². The molecule has 0 heterocycles. The summed E-state index contributed by atoms with van der Waals surface area (Å²) in [5.74, 6) is 1.34. The Labute approximate surface area is 255 Å². The maximum absolute atomic E-state index is 12.6. The van der Waals surface area contributed by atoms with Crippen LogP contribution in [0.5, 0.6) is 5.75 Å². The molecule has 1 fully saturated rings. The van der Waals surface area contributed by atoms with Gasteiger partial charge in [-0.2, -0.15) is 0 Å². The molecule has 1 aliphatic rings. The molecule has 1 atom stereocenters. The minimum Gasteiger partial charge on any atom is -0.493 e. The highest BCUT2D eigenvalue weighted by Crippen LogP contribution is 2.36. The fourth-order valence-electron chi connectivity index (χ4n) is 5.57. The van der Waals surface area contributed by atoms with Crippen molar-refractivity contribution in [3.63, 3.8) is 0 Å². The van der Waals surface area contributed by atoms with Crippen molar-refractivity contribution in [3.05, 3.63) is 42.0 Å². The molecule has 0 aromatic heterocycles. The summed E-state index contributed by atoms with van der Waals surface area (Å²) in [5, 5.41) is 2.92. The van der Waals surface area contributed by atoms with Gasteiger partial charge in [0.2, 0.25) is 5.91 Å². The second kappa shape index (κ2) is 22.8. The van der Waals surface area contributed by atoms with E-state index in [4.69, 9.17) is 9.26 Å². The van der Waals surface area contributed by atoms with Gasteiger partial charge in [0.1, 0.15) is 5.75 Å². The van der Waals surface area contributed by atoms with Crippen LogP contribution in [-0.4, -0.2) is 34.9 Å². The molecule has 0 saturated heterocycles. The molecular weight excluding hydrogens is 549 g/mol. The first-order valence-corrected chi connectivity index (χ1v) is 18.2. The van der Waals surface area contributed by atoms with Gasteiger partial charge in [0, 0.05) is 6.42 Å². The number of allylic oxidation sites excluding steroid dienone is 2. The molecule has 1 aromatic rings. The van der Waals surface area contributed by atoms with Gasteiger partial charge >= 0.3 is 7.82 Å². The molecule has 1 amide bonds. The quantitative estimate of drug-likeness (QED) is 0.0616. The number of hydrogen-bond acceptors (Lipinski definition) is 4. The van der Waals surface area contributed by atoms with E-state index in [-0.39, 0.29) is 12.5 Å². The summed E-state index contributed by atoms with van der Waals surface area (Å²) < 4.78 is 22.0. The number of benzene rings is 1. The molecule has 240 valence electrons. The zero-order valence-corrected chi connectivity index (χ0v) is 27.0. The highest BCUT2D eigenvalue weighted by Gasteiger charge is 2.20. The van der Waals surface area contributed by atoms with Crippen molar-refractivity contribution < 1.29 is 28.4 Å². The second-order valence-corrected chi connectivity index (χ2v) is 13.3. The van der Waals surface area contributed by atoms with E-state index in [1.165, 1.54) is 89.9 Å². The van der Waals surface area contributed by atoms with Gasteiger partial charge in [0.15, 0.2) is 0 Å². The monoisotopic (exact) mass is 607 g/mol. The maximum Gasteiger partial charge on any atom is 0.469 e. The lowest BCUT2D eigenvalue weighted by Gasteiger charge is -2.22. The molecule has 8 heteroatoms. The summed E-state index contributed by atoms with van der Waals surface area (Å²) >= 11 is 0. The second-order valence-electron chi connectivity index (χ2n) is 12.0. The number of amides is 1. The minimum absolute atomic E-state index is 0.112. The molecule has 42 heavy (non-hydrogen) atoms. The van der Waals surface area contributed by atoms with Crippen molar-refractivity contribution in [1.29, 1.82) is 0 Å².